The molecule has 0 aliphatic rings. The highest BCUT2D eigenvalue weighted by molar-refractivity contribution is 5.84. The molecule has 2 aromatic rings. The molecule has 0 aliphatic carbocycles. The van der Waals surface area contributed by atoms with Crippen molar-refractivity contribution >= 4 is 18.0 Å². The number of esters is 2. The second-order valence-corrected chi connectivity index (χ2v) is 8.63. The molecule has 2 rings (SSSR count). The molecule has 2 aromatic carbocycles. The van der Waals surface area contributed by atoms with E-state index in [0.717, 1.165) is 24.0 Å². The number of ether oxygens (including phenoxy) is 3. The molecule has 0 radical (unpaired) electrons. The summed E-state index contributed by atoms with van der Waals surface area (Å²) in [4.78, 5) is 37.3. The van der Waals surface area contributed by atoms with Crippen molar-refractivity contribution in [3.63, 3.8) is 0 Å². The first-order chi connectivity index (χ1) is 15.6. The predicted molar refractivity (Wildman–Crippen MR) is 125 cm³/mol. The number of aryl methyl sites for hydroxylation is 2. The summed E-state index contributed by atoms with van der Waals surface area (Å²) in [6.45, 7) is 9.22. The molecule has 1 N–H and O–H groups in total. The van der Waals surface area contributed by atoms with Crippen molar-refractivity contribution in [1.82, 2.24) is 5.32 Å². The van der Waals surface area contributed by atoms with Gasteiger partial charge in [0.2, 0.25) is 0 Å². The fourth-order valence-corrected chi connectivity index (χ4v) is 2.92. The van der Waals surface area contributed by atoms with Gasteiger partial charge >= 0.3 is 18.0 Å². The van der Waals surface area contributed by atoms with Gasteiger partial charge in [-0.1, -0.05) is 38.1 Å². The lowest BCUT2D eigenvalue weighted by atomic mass is 10.1. The van der Waals surface area contributed by atoms with Crippen LogP contribution in [0.15, 0.2) is 48.5 Å². The van der Waals surface area contributed by atoms with Crippen molar-refractivity contribution in [2.75, 3.05) is 0 Å². The average Bonchev–Trinajstić information content (AvgIpc) is 2.76. The summed E-state index contributed by atoms with van der Waals surface area (Å²) < 4.78 is 16.0. The van der Waals surface area contributed by atoms with Crippen LogP contribution in [0.25, 0.3) is 0 Å². The summed E-state index contributed by atoms with van der Waals surface area (Å²) in [6, 6.07) is 13.2. The van der Waals surface area contributed by atoms with E-state index in [1.165, 1.54) is 0 Å². The number of benzene rings is 2. The van der Waals surface area contributed by atoms with Gasteiger partial charge in [0, 0.05) is 6.42 Å². The first-order valence-corrected chi connectivity index (χ1v) is 11.2. The minimum Gasteiger partial charge on any atom is -0.444 e. The molecule has 0 unspecified atom stereocenters. The standard InChI is InChI=1S/C26H33NO6/c1-6-18-8-12-20(13-9-18)31-23(28)17-16-22(27-25(30)33-26(3,4)5)24(29)32-21-14-10-19(7-2)11-15-21/h8-15,22H,6-7,16-17H2,1-5H3,(H,27,30)/t22-/m0/s1. The summed E-state index contributed by atoms with van der Waals surface area (Å²) in [5, 5.41) is 2.51. The van der Waals surface area contributed by atoms with Crippen LogP contribution in [-0.4, -0.2) is 29.7 Å². The Kier molecular flexibility index (Phi) is 9.45. The average molecular weight is 456 g/mol. The Balaban J connectivity index is 2.02. The summed E-state index contributed by atoms with van der Waals surface area (Å²) in [5.74, 6) is -0.431. The van der Waals surface area contributed by atoms with Gasteiger partial charge in [-0.25, -0.2) is 9.59 Å². The third-order valence-electron chi connectivity index (χ3n) is 4.73. The van der Waals surface area contributed by atoms with Crippen LogP contribution in [0.5, 0.6) is 11.5 Å². The van der Waals surface area contributed by atoms with E-state index in [1.807, 2.05) is 38.1 Å². The van der Waals surface area contributed by atoms with Crippen LogP contribution in [0.2, 0.25) is 0 Å². The molecule has 178 valence electrons. The van der Waals surface area contributed by atoms with Crippen molar-refractivity contribution < 1.29 is 28.6 Å². The number of amides is 1. The fraction of sp³-hybridized carbons (Fsp3) is 0.423. The molecule has 1 amide bonds. The molecule has 0 aromatic heterocycles. The normalized spacial score (nSPS) is 11.9. The molecule has 0 aliphatic heterocycles. The van der Waals surface area contributed by atoms with Crippen LogP contribution in [-0.2, 0) is 27.2 Å². The van der Waals surface area contributed by atoms with Crippen molar-refractivity contribution in [3.8, 4) is 11.5 Å². The molecule has 33 heavy (non-hydrogen) atoms. The third kappa shape index (κ3) is 9.35. The molecule has 7 nitrogen and oxygen atoms in total. The molecular formula is C26H33NO6. The maximum Gasteiger partial charge on any atom is 0.408 e. The number of rotatable bonds is 9. The van der Waals surface area contributed by atoms with Crippen LogP contribution >= 0.6 is 0 Å². The topological polar surface area (TPSA) is 90.9 Å². The Labute approximate surface area is 195 Å². The van der Waals surface area contributed by atoms with Crippen LogP contribution in [0, 0.1) is 0 Å². The zero-order chi connectivity index (χ0) is 24.4. The largest absolute Gasteiger partial charge is 0.444 e. The van der Waals surface area contributed by atoms with Gasteiger partial charge < -0.3 is 19.5 Å². The number of carbonyl (C=O) groups excluding carboxylic acids is 3. The number of hydrogen-bond donors (Lipinski definition) is 1. The highest BCUT2D eigenvalue weighted by atomic mass is 16.6. The van der Waals surface area contributed by atoms with Crippen LogP contribution in [0.3, 0.4) is 0 Å². The lowest BCUT2D eigenvalue weighted by Crippen LogP contribution is -2.45. The SMILES string of the molecule is CCc1ccc(OC(=O)CC[C@H](NC(=O)OC(C)(C)C)C(=O)Oc2ccc(CC)cc2)cc1. The number of nitrogens with one attached hydrogen (secondary N) is 1. The van der Waals surface area contributed by atoms with Gasteiger partial charge in [0.1, 0.15) is 23.1 Å². The van der Waals surface area contributed by atoms with Gasteiger partial charge in [-0.05, 0) is 75.4 Å². The lowest BCUT2D eigenvalue weighted by molar-refractivity contribution is -0.138. The van der Waals surface area contributed by atoms with Crippen molar-refractivity contribution in [2.24, 2.45) is 0 Å². The summed E-state index contributed by atoms with van der Waals surface area (Å²) in [6.07, 6.45) is 0.876. The van der Waals surface area contributed by atoms with Crippen LogP contribution in [0.4, 0.5) is 4.79 Å². The molecule has 0 bridgehead atoms. The first kappa shape index (κ1) is 25.9. The minimum absolute atomic E-state index is 0.00298. The predicted octanol–water partition coefficient (Wildman–Crippen LogP) is 5.00. The van der Waals surface area contributed by atoms with E-state index in [9.17, 15) is 14.4 Å². The van der Waals surface area contributed by atoms with Crippen molar-refractivity contribution in [2.45, 2.75) is 71.9 Å². The summed E-state index contributed by atoms with van der Waals surface area (Å²) in [5.41, 5.74) is 1.50. The quantitative estimate of drug-likeness (QED) is 0.423. The Morgan fingerprint density at radius 1 is 0.818 bits per heavy atom. The highest BCUT2D eigenvalue weighted by Gasteiger charge is 2.27. The van der Waals surface area contributed by atoms with Crippen LogP contribution < -0.4 is 14.8 Å². The van der Waals surface area contributed by atoms with E-state index in [1.54, 1.807) is 45.0 Å². The summed E-state index contributed by atoms with van der Waals surface area (Å²) >= 11 is 0. The van der Waals surface area contributed by atoms with E-state index < -0.39 is 29.7 Å². The second kappa shape index (κ2) is 12.0. The van der Waals surface area contributed by atoms with Gasteiger partial charge in [-0.3, -0.25) is 4.79 Å². The molecule has 0 heterocycles. The van der Waals surface area contributed by atoms with E-state index in [-0.39, 0.29) is 12.8 Å². The molecule has 0 spiro atoms. The molecular weight excluding hydrogens is 422 g/mol. The van der Waals surface area contributed by atoms with Gasteiger partial charge in [-0.15, -0.1) is 0 Å². The number of alkyl carbamates (subject to hydrolysis) is 1. The molecule has 0 saturated carbocycles. The first-order valence-electron chi connectivity index (χ1n) is 11.2. The highest BCUT2D eigenvalue weighted by Crippen LogP contribution is 2.16. The summed E-state index contributed by atoms with van der Waals surface area (Å²) in [7, 11) is 0. The van der Waals surface area contributed by atoms with Crippen LogP contribution in [0.1, 0.15) is 58.6 Å². The van der Waals surface area contributed by atoms with Crippen molar-refractivity contribution in [1.29, 1.82) is 0 Å². The zero-order valence-corrected chi connectivity index (χ0v) is 20.0. The number of carbonyl (C=O) groups is 3. The van der Waals surface area contributed by atoms with E-state index in [0.29, 0.717) is 11.5 Å². The monoisotopic (exact) mass is 455 g/mol. The molecule has 7 heteroatoms. The Morgan fingerprint density at radius 2 is 1.30 bits per heavy atom. The van der Waals surface area contributed by atoms with E-state index in [4.69, 9.17) is 14.2 Å². The van der Waals surface area contributed by atoms with Gasteiger partial charge in [-0.2, -0.15) is 0 Å². The molecule has 1 atom stereocenters. The maximum atomic E-state index is 12.8. The Hall–Kier alpha value is -3.35. The zero-order valence-electron chi connectivity index (χ0n) is 20.0. The van der Waals surface area contributed by atoms with E-state index >= 15 is 0 Å². The molecule has 0 saturated heterocycles. The maximum absolute atomic E-state index is 12.8. The number of hydrogen-bond acceptors (Lipinski definition) is 6. The molecule has 0 fully saturated rings. The third-order valence-corrected chi connectivity index (χ3v) is 4.73. The fourth-order valence-electron chi connectivity index (χ4n) is 2.92. The van der Waals surface area contributed by atoms with Gasteiger partial charge in [0.25, 0.3) is 0 Å². The van der Waals surface area contributed by atoms with E-state index in [2.05, 4.69) is 5.32 Å². The smallest absolute Gasteiger partial charge is 0.408 e. The van der Waals surface area contributed by atoms with Crippen molar-refractivity contribution in [3.05, 3.63) is 59.7 Å². The van der Waals surface area contributed by atoms with Gasteiger partial charge in [0.05, 0.1) is 0 Å². The second-order valence-electron chi connectivity index (χ2n) is 8.63. The van der Waals surface area contributed by atoms with Gasteiger partial charge in [0.15, 0.2) is 0 Å². The Bertz CT molecular complexity index is 929. The minimum atomic E-state index is -1.08. The lowest BCUT2D eigenvalue weighted by Gasteiger charge is -2.22. The Morgan fingerprint density at radius 3 is 1.76 bits per heavy atom.